The Hall–Kier alpha value is -2.44. The maximum absolute atomic E-state index is 9.51. The highest BCUT2D eigenvalue weighted by Gasteiger charge is 2.32. The van der Waals surface area contributed by atoms with Gasteiger partial charge in [-0.1, -0.05) is 36.9 Å². The summed E-state index contributed by atoms with van der Waals surface area (Å²) in [6.07, 6.45) is 9.67. The van der Waals surface area contributed by atoms with E-state index in [0.29, 0.717) is 48.2 Å². The molecule has 0 aromatic carbocycles. The molecule has 0 radical (unpaired) electrons. The average Bonchev–Trinajstić information content (AvgIpc) is 2.90. The van der Waals surface area contributed by atoms with Crippen LogP contribution < -0.4 is 16.4 Å². The first-order valence-electron chi connectivity index (χ1n) is 12.4. The zero-order chi connectivity index (χ0) is 25.1. The molecule has 2 aromatic rings. The van der Waals surface area contributed by atoms with Crippen LogP contribution in [0.25, 0.3) is 11.3 Å². The lowest BCUT2D eigenvalue weighted by atomic mass is 9.82. The van der Waals surface area contributed by atoms with Gasteiger partial charge in [0.2, 0.25) is 0 Å². The van der Waals surface area contributed by atoms with E-state index in [4.69, 9.17) is 27.2 Å². The maximum Gasteiger partial charge on any atom is 0.126 e. The first kappa shape index (κ1) is 27.2. The number of nitrogen functional groups attached to an aromatic ring is 1. The molecule has 3 heterocycles. The third kappa shape index (κ3) is 8.32. The van der Waals surface area contributed by atoms with Crippen molar-refractivity contribution in [1.29, 1.82) is 5.26 Å². The van der Waals surface area contributed by atoms with E-state index in [2.05, 4.69) is 26.7 Å². The number of nitrogens with zero attached hydrogens (tertiary/aromatic N) is 3. The molecule has 1 aliphatic carbocycles. The Kier molecular flexibility index (Phi) is 10.5. The standard InChI is InChI=1S/C17H18ClN5O.C9H19NO/c18-13-9-21-15(20)8-12(13)14-2-1-3-16(23-14)22-11-17(10-19)4-6-24-7-5-17;1-8(7-11)10-9-5-3-2-4-6-9/h1-3,8-9H,4-7,11H2,(H2,20,21)(H,22,23);8-11H,2-7H2,1H3/t;8-/m.1/s1. The molecule has 4 rings (SSSR count). The fourth-order valence-electron chi connectivity index (χ4n) is 4.41. The van der Waals surface area contributed by atoms with Gasteiger partial charge >= 0.3 is 0 Å². The van der Waals surface area contributed by atoms with E-state index in [1.165, 1.54) is 38.3 Å². The number of aliphatic hydroxyl groups is 1. The summed E-state index contributed by atoms with van der Waals surface area (Å²) in [5, 5.41) is 25.5. The number of hydrogen-bond donors (Lipinski definition) is 4. The minimum Gasteiger partial charge on any atom is -0.395 e. The van der Waals surface area contributed by atoms with Gasteiger partial charge in [-0.25, -0.2) is 9.97 Å². The van der Waals surface area contributed by atoms with Crippen molar-refractivity contribution in [3.05, 3.63) is 35.5 Å². The molecule has 1 saturated heterocycles. The fourth-order valence-corrected chi connectivity index (χ4v) is 4.61. The van der Waals surface area contributed by atoms with Crippen molar-refractivity contribution < 1.29 is 9.84 Å². The minimum absolute atomic E-state index is 0.260. The Morgan fingerprint density at radius 2 is 2.03 bits per heavy atom. The van der Waals surface area contributed by atoms with Crippen LogP contribution in [0.5, 0.6) is 0 Å². The van der Waals surface area contributed by atoms with Crippen molar-refractivity contribution in [2.75, 3.05) is 37.4 Å². The number of nitrogens with one attached hydrogen (secondary N) is 2. The molecule has 190 valence electrons. The Labute approximate surface area is 213 Å². The van der Waals surface area contributed by atoms with Crippen molar-refractivity contribution in [3.8, 4) is 17.3 Å². The lowest BCUT2D eigenvalue weighted by Crippen LogP contribution is -2.39. The molecule has 2 aromatic heterocycles. The highest BCUT2D eigenvalue weighted by Crippen LogP contribution is 2.31. The fraction of sp³-hybridized carbons (Fsp3) is 0.577. The van der Waals surface area contributed by atoms with Gasteiger partial charge in [-0.05, 0) is 50.8 Å². The van der Waals surface area contributed by atoms with E-state index in [1.807, 2.05) is 25.1 Å². The van der Waals surface area contributed by atoms with Crippen LogP contribution >= 0.6 is 11.6 Å². The van der Waals surface area contributed by atoms with Gasteiger partial charge in [0.05, 0.1) is 28.8 Å². The zero-order valence-electron chi connectivity index (χ0n) is 20.5. The molecule has 0 spiro atoms. The number of hydrogen-bond acceptors (Lipinski definition) is 8. The van der Waals surface area contributed by atoms with Crippen molar-refractivity contribution in [3.63, 3.8) is 0 Å². The summed E-state index contributed by atoms with van der Waals surface area (Å²) in [4.78, 5) is 8.53. The Bertz CT molecular complexity index is 971. The molecular weight excluding hydrogens is 464 g/mol. The largest absolute Gasteiger partial charge is 0.395 e. The lowest BCUT2D eigenvalue weighted by Gasteiger charge is -2.30. The quantitative estimate of drug-likeness (QED) is 0.440. The second-order valence-corrected chi connectivity index (χ2v) is 9.85. The summed E-state index contributed by atoms with van der Waals surface area (Å²) >= 11 is 6.19. The van der Waals surface area contributed by atoms with E-state index >= 15 is 0 Å². The molecule has 5 N–H and O–H groups in total. The van der Waals surface area contributed by atoms with E-state index in [9.17, 15) is 5.26 Å². The van der Waals surface area contributed by atoms with Crippen molar-refractivity contribution in [1.82, 2.24) is 15.3 Å². The lowest BCUT2D eigenvalue weighted by molar-refractivity contribution is 0.0455. The molecule has 8 nitrogen and oxygen atoms in total. The number of nitriles is 1. The Balaban J connectivity index is 0.000000261. The van der Waals surface area contributed by atoms with Crippen molar-refractivity contribution in [2.24, 2.45) is 5.41 Å². The molecule has 2 fully saturated rings. The van der Waals surface area contributed by atoms with E-state index in [0.717, 1.165) is 18.4 Å². The third-order valence-electron chi connectivity index (χ3n) is 6.60. The number of anilines is 2. The first-order valence-corrected chi connectivity index (χ1v) is 12.8. The molecule has 2 aliphatic rings. The minimum atomic E-state index is -0.408. The molecule has 1 saturated carbocycles. The number of pyridine rings is 2. The van der Waals surface area contributed by atoms with Gasteiger partial charge in [-0.15, -0.1) is 0 Å². The molecule has 9 heteroatoms. The molecule has 0 amide bonds. The van der Waals surface area contributed by atoms with E-state index in [-0.39, 0.29) is 12.6 Å². The third-order valence-corrected chi connectivity index (χ3v) is 6.90. The number of aliphatic hydroxyl groups excluding tert-OH is 1. The van der Waals surface area contributed by atoms with Gasteiger partial charge in [0.15, 0.2) is 0 Å². The SMILES string of the molecule is C[C@H](CO)NC1CCCCC1.N#CC1(CNc2cccc(-c3cc(N)ncc3Cl)n2)CCOCC1. The van der Waals surface area contributed by atoms with Crippen molar-refractivity contribution in [2.45, 2.75) is 64.0 Å². The summed E-state index contributed by atoms with van der Waals surface area (Å²) < 4.78 is 5.35. The van der Waals surface area contributed by atoms with Crippen LogP contribution in [0.15, 0.2) is 30.5 Å². The normalized spacial score (nSPS) is 18.6. The summed E-state index contributed by atoms with van der Waals surface area (Å²) in [6.45, 7) is 4.07. The molecule has 0 bridgehead atoms. The number of aromatic nitrogens is 2. The first-order chi connectivity index (χ1) is 16.9. The summed E-state index contributed by atoms with van der Waals surface area (Å²) in [6, 6.07) is 10.7. The van der Waals surface area contributed by atoms with Gasteiger partial charge in [0.25, 0.3) is 0 Å². The number of nitrogens with two attached hydrogens (primary N) is 1. The molecule has 1 aliphatic heterocycles. The molecule has 0 unspecified atom stereocenters. The Morgan fingerprint density at radius 1 is 1.29 bits per heavy atom. The number of halogens is 1. The van der Waals surface area contributed by atoms with Crippen LogP contribution in [0.4, 0.5) is 11.6 Å². The maximum atomic E-state index is 9.51. The average molecular weight is 501 g/mol. The van der Waals surface area contributed by atoms with Crippen LogP contribution in [0, 0.1) is 16.7 Å². The van der Waals surface area contributed by atoms with Gasteiger partial charge in [-0.2, -0.15) is 5.26 Å². The van der Waals surface area contributed by atoms with Crippen LogP contribution in [-0.2, 0) is 4.74 Å². The molecule has 1 atom stereocenters. The second-order valence-electron chi connectivity index (χ2n) is 9.44. The number of ether oxygens (including phenoxy) is 1. The topological polar surface area (TPSA) is 129 Å². The van der Waals surface area contributed by atoms with Crippen LogP contribution in [0.3, 0.4) is 0 Å². The van der Waals surface area contributed by atoms with Crippen LogP contribution in [-0.4, -0.2) is 53.5 Å². The second kappa shape index (κ2) is 13.6. The zero-order valence-corrected chi connectivity index (χ0v) is 21.2. The Morgan fingerprint density at radius 3 is 2.71 bits per heavy atom. The van der Waals surface area contributed by atoms with Crippen LogP contribution in [0.1, 0.15) is 51.9 Å². The monoisotopic (exact) mass is 500 g/mol. The predicted octanol–water partition coefficient (Wildman–Crippen LogP) is 4.40. The van der Waals surface area contributed by atoms with Crippen LogP contribution in [0.2, 0.25) is 5.02 Å². The summed E-state index contributed by atoms with van der Waals surface area (Å²) in [5.41, 5.74) is 6.76. The van der Waals surface area contributed by atoms with Gasteiger partial charge < -0.3 is 26.2 Å². The highest BCUT2D eigenvalue weighted by atomic mass is 35.5. The van der Waals surface area contributed by atoms with Gasteiger partial charge in [0.1, 0.15) is 11.6 Å². The molecular formula is C26H37ClN6O2. The summed E-state index contributed by atoms with van der Waals surface area (Å²) in [5.74, 6) is 1.08. The predicted molar refractivity (Wildman–Crippen MR) is 140 cm³/mol. The smallest absolute Gasteiger partial charge is 0.126 e. The molecule has 35 heavy (non-hydrogen) atoms. The van der Waals surface area contributed by atoms with Gasteiger partial charge in [-0.3, -0.25) is 0 Å². The highest BCUT2D eigenvalue weighted by molar-refractivity contribution is 6.33. The summed E-state index contributed by atoms with van der Waals surface area (Å²) in [7, 11) is 0. The number of rotatable bonds is 7. The van der Waals surface area contributed by atoms with E-state index in [1.54, 1.807) is 6.07 Å². The van der Waals surface area contributed by atoms with Crippen molar-refractivity contribution >= 4 is 23.2 Å². The van der Waals surface area contributed by atoms with E-state index < -0.39 is 5.41 Å². The van der Waals surface area contributed by atoms with Gasteiger partial charge in [0, 0.05) is 43.6 Å².